The molecule has 0 aliphatic carbocycles. The fourth-order valence-corrected chi connectivity index (χ4v) is 3.86. The number of carbonyl (C=O) groups is 1. The van der Waals surface area contributed by atoms with E-state index in [0.29, 0.717) is 12.6 Å². The second kappa shape index (κ2) is 10.1. The Morgan fingerprint density at radius 3 is 2.69 bits per heavy atom. The van der Waals surface area contributed by atoms with Crippen molar-refractivity contribution in [2.75, 3.05) is 36.4 Å². The molecule has 0 saturated carbocycles. The summed E-state index contributed by atoms with van der Waals surface area (Å²) in [5, 5.41) is 15.3. The molecule has 3 aromatic rings. The van der Waals surface area contributed by atoms with Crippen LogP contribution in [0.3, 0.4) is 0 Å². The number of benzene rings is 2. The molecular formula is C24H28N6O2. The first-order chi connectivity index (χ1) is 15.6. The minimum absolute atomic E-state index is 0.0904. The van der Waals surface area contributed by atoms with E-state index in [2.05, 4.69) is 26.6 Å². The van der Waals surface area contributed by atoms with Crippen LogP contribution in [-0.4, -0.2) is 53.3 Å². The first-order valence-electron chi connectivity index (χ1n) is 10.8. The fourth-order valence-electron chi connectivity index (χ4n) is 3.86. The molecule has 8 nitrogen and oxygen atoms in total. The number of rotatable bonds is 8. The van der Waals surface area contributed by atoms with Gasteiger partial charge in [0, 0.05) is 48.8 Å². The number of para-hydroxylation sites is 2. The molecule has 2 aromatic carbocycles. The molecule has 2 heterocycles. The lowest BCUT2D eigenvalue weighted by atomic mass is 10.0. The van der Waals surface area contributed by atoms with Crippen LogP contribution in [0.2, 0.25) is 0 Å². The van der Waals surface area contributed by atoms with Gasteiger partial charge in [0.25, 0.3) is 0 Å². The number of aromatic nitrogens is 2. The Labute approximate surface area is 187 Å². The number of anilines is 2. The normalized spacial score (nSPS) is 15.0. The van der Waals surface area contributed by atoms with Gasteiger partial charge < -0.3 is 26.4 Å². The molecule has 1 aliphatic heterocycles. The molecule has 0 bridgehead atoms. The maximum atomic E-state index is 10.8. The van der Waals surface area contributed by atoms with Crippen molar-refractivity contribution in [1.82, 2.24) is 15.3 Å². The first-order valence-corrected chi connectivity index (χ1v) is 10.8. The summed E-state index contributed by atoms with van der Waals surface area (Å²) in [5.41, 5.74) is 11.4. The van der Waals surface area contributed by atoms with E-state index < -0.39 is 5.97 Å². The highest BCUT2D eigenvalue weighted by Gasteiger charge is 2.19. The Bertz CT molecular complexity index is 1110. The van der Waals surface area contributed by atoms with Crippen LogP contribution in [0, 0.1) is 0 Å². The summed E-state index contributed by atoms with van der Waals surface area (Å²) >= 11 is 0. The number of aliphatic carboxylic acids is 1. The maximum Gasteiger partial charge on any atom is 0.322 e. The minimum Gasteiger partial charge on any atom is -0.480 e. The molecule has 1 aliphatic rings. The zero-order valence-electron chi connectivity index (χ0n) is 17.9. The number of carboxylic acids is 1. The average molecular weight is 433 g/mol. The summed E-state index contributed by atoms with van der Waals surface area (Å²) in [4.78, 5) is 22.3. The van der Waals surface area contributed by atoms with Crippen LogP contribution in [0.25, 0.3) is 16.6 Å². The molecule has 0 atom stereocenters. The Balaban J connectivity index is 1.35. The van der Waals surface area contributed by atoms with E-state index in [-0.39, 0.29) is 6.54 Å². The van der Waals surface area contributed by atoms with Crippen LogP contribution in [0.1, 0.15) is 18.5 Å². The molecule has 166 valence electrons. The van der Waals surface area contributed by atoms with Crippen molar-refractivity contribution in [2.24, 2.45) is 5.73 Å². The molecule has 4 rings (SSSR count). The van der Waals surface area contributed by atoms with E-state index >= 15 is 0 Å². The largest absolute Gasteiger partial charge is 0.480 e. The van der Waals surface area contributed by atoms with Gasteiger partial charge in [-0.25, -0.2) is 4.98 Å². The molecule has 1 aromatic heterocycles. The number of nitrogens with one attached hydrogen (secondary N) is 2. The van der Waals surface area contributed by atoms with Gasteiger partial charge in [0.15, 0.2) is 0 Å². The predicted octanol–water partition coefficient (Wildman–Crippen LogP) is 2.68. The smallest absolute Gasteiger partial charge is 0.322 e. The van der Waals surface area contributed by atoms with E-state index in [1.165, 1.54) is 0 Å². The molecule has 1 saturated heterocycles. The highest BCUT2D eigenvalue weighted by atomic mass is 16.4. The lowest BCUT2D eigenvalue weighted by molar-refractivity contribution is -0.134. The highest BCUT2D eigenvalue weighted by Crippen LogP contribution is 2.23. The Morgan fingerprint density at radius 1 is 1.16 bits per heavy atom. The average Bonchev–Trinajstić information content (AvgIpc) is 2.83. The minimum atomic E-state index is -0.873. The summed E-state index contributed by atoms with van der Waals surface area (Å²) < 4.78 is 0. The molecule has 0 spiro atoms. The van der Waals surface area contributed by atoms with Crippen LogP contribution in [-0.2, 0) is 4.79 Å². The van der Waals surface area contributed by atoms with Gasteiger partial charge in [-0.15, -0.1) is 0 Å². The molecule has 1 fully saturated rings. The zero-order valence-corrected chi connectivity index (χ0v) is 17.9. The van der Waals surface area contributed by atoms with Gasteiger partial charge in [-0.3, -0.25) is 9.78 Å². The Morgan fingerprint density at radius 2 is 1.94 bits per heavy atom. The van der Waals surface area contributed by atoms with Gasteiger partial charge >= 0.3 is 5.97 Å². The van der Waals surface area contributed by atoms with Crippen molar-refractivity contribution in [3.05, 3.63) is 66.6 Å². The summed E-state index contributed by atoms with van der Waals surface area (Å²) in [6.45, 7) is 2.13. The van der Waals surface area contributed by atoms with E-state index in [9.17, 15) is 4.79 Å². The summed E-state index contributed by atoms with van der Waals surface area (Å²) in [5.74, 6) is -0.873. The van der Waals surface area contributed by atoms with Crippen LogP contribution >= 0.6 is 0 Å². The van der Waals surface area contributed by atoms with Gasteiger partial charge in [-0.2, -0.15) is 0 Å². The maximum absolute atomic E-state index is 10.8. The van der Waals surface area contributed by atoms with Crippen molar-refractivity contribution in [3.63, 3.8) is 0 Å². The van der Waals surface area contributed by atoms with Gasteiger partial charge in [0.05, 0.1) is 22.9 Å². The zero-order chi connectivity index (χ0) is 22.3. The number of fused-ring (bicyclic) bond motifs is 1. The predicted molar refractivity (Wildman–Crippen MR) is 128 cm³/mol. The van der Waals surface area contributed by atoms with Crippen LogP contribution < -0.4 is 21.3 Å². The van der Waals surface area contributed by atoms with Gasteiger partial charge in [-0.1, -0.05) is 18.2 Å². The van der Waals surface area contributed by atoms with E-state index in [1.807, 2.05) is 48.7 Å². The Kier molecular flexibility index (Phi) is 6.81. The monoisotopic (exact) mass is 432 g/mol. The SMILES string of the molecule is NC/C(=C\NC1CCN(c2cccc(NCC(=O)O)c2)CC1)c1cnc2ccccc2n1. The van der Waals surface area contributed by atoms with Gasteiger partial charge in [-0.05, 0) is 43.2 Å². The van der Waals surface area contributed by atoms with Crippen molar-refractivity contribution in [2.45, 2.75) is 18.9 Å². The standard InChI is InChI=1S/C24H28N6O2/c25-13-17(23-15-28-21-6-1-2-7-22(21)29-23)14-26-18-8-10-30(11-9-18)20-5-3-4-19(12-20)27-16-24(31)32/h1-7,12,14-15,18,26-27H,8-11,13,16,25H2,(H,31,32)/b17-14+. The van der Waals surface area contributed by atoms with E-state index in [0.717, 1.165) is 59.6 Å². The topological polar surface area (TPSA) is 116 Å². The van der Waals surface area contributed by atoms with Gasteiger partial charge in [0.1, 0.15) is 6.54 Å². The number of piperidine rings is 1. The third-order valence-corrected chi connectivity index (χ3v) is 5.64. The molecule has 0 unspecified atom stereocenters. The third kappa shape index (κ3) is 5.33. The molecule has 32 heavy (non-hydrogen) atoms. The fraction of sp³-hybridized carbons (Fsp3) is 0.292. The number of carboxylic acid groups (broad SMARTS) is 1. The number of hydrogen-bond donors (Lipinski definition) is 4. The quantitative estimate of drug-likeness (QED) is 0.429. The lowest BCUT2D eigenvalue weighted by Gasteiger charge is -2.34. The highest BCUT2D eigenvalue weighted by molar-refractivity contribution is 5.76. The lowest BCUT2D eigenvalue weighted by Crippen LogP contribution is -2.41. The number of hydrogen-bond acceptors (Lipinski definition) is 7. The number of nitrogens with two attached hydrogens (primary N) is 1. The number of nitrogens with zero attached hydrogens (tertiary/aromatic N) is 3. The first kappa shape index (κ1) is 21.6. The summed E-state index contributed by atoms with van der Waals surface area (Å²) in [6, 6.07) is 16.1. The Hall–Kier alpha value is -3.65. The summed E-state index contributed by atoms with van der Waals surface area (Å²) in [7, 11) is 0. The molecule has 0 radical (unpaired) electrons. The molecule has 8 heteroatoms. The van der Waals surface area contributed by atoms with Crippen molar-refractivity contribution in [3.8, 4) is 0 Å². The summed E-state index contributed by atoms with van der Waals surface area (Å²) in [6.07, 6.45) is 5.74. The second-order valence-corrected chi connectivity index (χ2v) is 7.84. The molecule has 5 N–H and O–H groups in total. The second-order valence-electron chi connectivity index (χ2n) is 7.84. The third-order valence-electron chi connectivity index (χ3n) is 5.64. The van der Waals surface area contributed by atoms with Crippen molar-refractivity contribution in [1.29, 1.82) is 0 Å². The van der Waals surface area contributed by atoms with Crippen molar-refractivity contribution < 1.29 is 9.90 Å². The van der Waals surface area contributed by atoms with E-state index in [4.69, 9.17) is 15.8 Å². The molecule has 0 amide bonds. The van der Waals surface area contributed by atoms with Crippen LogP contribution in [0.4, 0.5) is 11.4 Å². The van der Waals surface area contributed by atoms with Crippen LogP contribution in [0.5, 0.6) is 0 Å². The van der Waals surface area contributed by atoms with Crippen molar-refractivity contribution >= 4 is 34.0 Å². The van der Waals surface area contributed by atoms with Crippen LogP contribution in [0.15, 0.2) is 60.9 Å². The van der Waals surface area contributed by atoms with Gasteiger partial charge in [0.2, 0.25) is 0 Å². The van der Waals surface area contributed by atoms with E-state index in [1.54, 1.807) is 6.20 Å². The molecular weight excluding hydrogens is 404 g/mol.